The van der Waals surface area contributed by atoms with Crippen molar-refractivity contribution in [3.63, 3.8) is 0 Å². The molecule has 0 aromatic rings. The number of rotatable bonds is 1. The molecule has 0 amide bonds. The maximum atomic E-state index is 10.2. The summed E-state index contributed by atoms with van der Waals surface area (Å²) >= 11 is 0. The van der Waals surface area contributed by atoms with Crippen LogP contribution < -0.4 is 5.14 Å². The second kappa shape index (κ2) is 2.84. The van der Waals surface area contributed by atoms with Gasteiger partial charge < -0.3 is 0 Å². The van der Waals surface area contributed by atoms with E-state index in [1.165, 1.54) is 0 Å². The fraction of sp³-hybridized carbons (Fsp3) is 1.00. The molecular formula is C3H9CaNO2S. The van der Waals surface area contributed by atoms with Gasteiger partial charge in [0.15, 0.2) is 0 Å². The Labute approximate surface area is 78.7 Å². The van der Waals surface area contributed by atoms with Crippen LogP contribution in [0.4, 0.5) is 0 Å². The van der Waals surface area contributed by atoms with E-state index in [2.05, 4.69) is 0 Å². The molecule has 2 N–H and O–H groups in total. The van der Waals surface area contributed by atoms with E-state index in [1.807, 2.05) is 0 Å². The summed E-state index contributed by atoms with van der Waals surface area (Å²) in [5, 5.41) is 4.51. The zero-order chi connectivity index (χ0) is 5.49. The van der Waals surface area contributed by atoms with Crippen molar-refractivity contribution in [3.8, 4) is 0 Å². The molecule has 0 radical (unpaired) electrons. The summed E-state index contributed by atoms with van der Waals surface area (Å²) in [6.07, 6.45) is 1.53. The Morgan fingerprint density at radius 1 is 1.38 bits per heavy atom. The molecule has 1 fully saturated rings. The van der Waals surface area contributed by atoms with E-state index in [1.54, 1.807) is 0 Å². The van der Waals surface area contributed by atoms with Crippen molar-refractivity contribution in [2.45, 2.75) is 18.1 Å². The van der Waals surface area contributed by atoms with Crippen molar-refractivity contribution < 1.29 is 8.42 Å². The molecule has 0 saturated heterocycles. The van der Waals surface area contributed by atoms with Crippen LogP contribution in [-0.4, -0.2) is 51.4 Å². The first kappa shape index (κ1) is 9.17. The second-order valence-corrected chi connectivity index (χ2v) is 3.63. The van der Waals surface area contributed by atoms with Crippen LogP contribution in [0, 0.1) is 0 Å². The summed E-state index contributed by atoms with van der Waals surface area (Å²) in [6.45, 7) is 0. The van der Waals surface area contributed by atoms with Crippen molar-refractivity contribution in [1.82, 2.24) is 0 Å². The zero-order valence-corrected chi connectivity index (χ0v) is 4.61. The first-order valence-electron chi connectivity index (χ1n) is 2.12. The molecular weight excluding hydrogens is 154 g/mol. The molecule has 0 unspecified atom stereocenters. The van der Waals surface area contributed by atoms with Gasteiger partial charge in [-0.2, -0.15) is 0 Å². The summed E-state index contributed by atoms with van der Waals surface area (Å²) in [7, 11) is -3.13. The van der Waals surface area contributed by atoms with Gasteiger partial charge in [-0.15, -0.1) is 0 Å². The van der Waals surface area contributed by atoms with Crippen LogP contribution in [0.2, 0.25) is 0 Å². The van der Waals surface area contributed by atoms with Crippen LogP contribution in [0.3, 0.4) is 0 Å². The number of nitrogens with two attached hydrogens (primary N) is 1. The summed E-state index contributed by atoms with van der Waals surface area (Å²) < 4.78 is 20.3. The molecule has 0 spiro atoms. The normalized spacial score (nSPS) is 19.6. The van der Waals surface area contributed by atoms with Gasteiger partial charge in [-0.1, -0.05) is 0 Å². The molecule has 1 aliphatic rings. The van der Waals surface area contributed by atoms with Crippen molar-refractivity contribution in [2.24, 2.45) is 5.14 Å². The van der Waals surface area contributed by atoms with E-state index >= 15 is 0 Å². The molecule has 8 heavy (non-hydrogen) atoms. The first-order chi connectivity index (χ1) is 3.11. The Hall–Kier alpha value is 1.17. The van der Waals surface area contributed by atoms with E-state index in [4.69, 9.17) is 5.14 Å². The SMILES string of the molecule is NS(=O)(=O)C1CC1.[CaH2]. The Morgan fingerprint density at radius 3 is 1.75 bits per heavy atom. The summed E-state index contributed by atoms with van der Waals surface area (Å²) in [5.74, 6) is 0. The van der Waals surface area contributed by atoms with E-state index in [0.29, 0.717) is 0 Å². The minimum atomic E-state index is -3.13. The summed E-state index contributed by atoms with van der Waals surface area (Å²) in [5.41, 5.74) is 0. The predicted octanol–water partition coefficient (Wildman–Crippen LogP) is -1.48. The Balaban J connectivity index is 0.000000490. The van der Waals surface area contributed by atoms with Gasteiger partial charge in [0.2, 0.25) is 10.0 Å². The van der Waals surface area contributed by atoms with Crippen LogP contribution in [0.5, 0.6) is 0 Å². The van der Waals surface area contributed by atoms with Crippen LogP contribution in [-0.2, 0) is 10.0 Å². The molecule has 46 valence electrons. The molecule has 0 heterocycles. The van der Waals surface area contributed by atoms with E-state index < -0.39 is 10.0 Å². The number of primary sulfonamides is 1. The maximum absolute atomic E-state index is 10.2. The van der Waals surface area contributed by atoms with Crippen LogP contribution >= 0.6 is 0 Å². The van der Waals surface area contributed by atoms with Gasteiger partial charge in [0.25, 0.3) is 0 Å². The Kier molecular flexibility index (Phi) is 3.25. The number of hydrogen-bond acceptors (Lipinski definition) is 2. The van der Waals surface area contributed by atoms with Crippen molar-refractivity contribution >= 4 is 47.8 Å². The average molecular weight is 163 g/mol. The molecule has 1 saturated carbocycles. The van der Waals surface area contributed by atoms with Crippen molar-refractivity contribution in [3.05, 3.63) is 0 Å². The summed E-state index contributed by atoms with van der Waals surface area (Å²) in [6, 6.07) is 0. The van der Waals surface area contributed by atoms with Crippen LogP contribution in [0.15, 0.2) is 0 Å². The third-order valence-electron chi connectivity index (χ3n) is 0.989. The van der Waals surface area contributed by atoms with E-state index in [9.17, 15) is 8.42 Å². The van der Waals surface area contributed by atoms with Gasteiger partial charge in [0, 0.05) is 0 Å². The fourth-order valence-corrected chi connectivity index (χ4v) is 1.19. The molecule has 1 aliphatic carbocycles. The van der Waals surface area contributed by atoms with Gasteiger partial charge in [0.1, 0.15) is 0 Å². The van der Waals surface area contributed by atoms with E-state index in [-0.39, 0.29) is 43.0 Å². The van der Waals surface area contributed by atoms with Crippen molar-refractivity contribution in [1.29, 1.82) is 0 Å². The summed E-state index contributed by atoms with van der Waals surface area (Å²) in [4.78, 5) is 0. The second-order valence-electron chi connectivity index (χ2n) is 1.79. The van der Waals surface area contributed by atoms with Gasteiger partial charge in [-0.05, 0) is 12.8 Å². The Bertz CT molecular complexity index is 160. The standard InChI is InChI=1S/C3H7NO2S.Ca.2H/c4-7(5,6)3-1-2-3;;;/h3H,1-2H2,(H2,4,5,6);;;. The average Bonchev–Trinajstić information content (AvgIpc) is 1.99. The molecule has 5 heteroatoms. The van der Waals surface area contributed by atoms with Gasteiger partial charge in [-0.3, -0.25) is 0 Å². The van der Waals surface area contributed by atoms with Gasteiger partial charge in [0.05, 0.1) is 5.25 Å². The Morgan fingerprint density at radius 2 is 1.75 bits per heavy atom. The van der Waals surface area contributed by atoms with Crippen LogP contribution in [0.25, 0.3) is 0 Å². The molecule has 3 nitrogen and oxygen atoms in total. The molecule has 0 aliphatic heterocycles. The topological polar surface area (TPSA) is 60.2 Å². The number of sulfonamides is 1. The molecule has 0 bridgehead atoms. The predicted molar refractivity (Wildman–Crippen MR) is 34.7 cm³/mol. The fourth-order valence-electron chi connectivity index (χ4n) is 0.397. The molecule has 0 atom stereocenters. The first-order valence-corrected chi connectivity index (χ1v) is 3.73. The third-order valence-corrected chi connectivity index (χ3v) is 2.39. The van der Waals surface area contributed by atoms with E-state index in [0.717, 1.165) is 12.8 Å². The van der Waals surface area contributed by atoms with Crippen LogP contribution in [0.1, 0.15) is 12.8 Å². The van der Waals surface area contributed by atoms with Gasteiger partial charge in [-0.25, -0.2) is 13.6 Å². The number of hydrogen-bond donors (Lipinski definition) is 1. The zero-order valence-electron chi connectivity index (χ0n) is 3.79. The monoisotopic (exact) mass is 163 g/mol. The molecule has 0 aromatic carbocycles. The minimum absolute atomic E-state index is 0. The van der Waals surface area contributed by atoms with Crippen molar-refractivity contribution in [2.75, 3.05) is 0 Å². The molecule has 0 aromatic heterocycles. The van der Waals surface area contributed by atoms with Gasteiger partial charge >= 0.3 is 37.7 Å². The third kappa shape index (κ3) is 2.64. The quantitative estimate of drug-likeness (QED) is 0.479. The molecule has 1 rings (SSSR count).